The number of allylic oxidation sites excluding steroid dienone is 4. The molecule has 0 spiro atoms. The summed E-state index contributed by atoms with van der Waals surface area (Å²) in [5.74, 6) is -1.69. The number of ketones is 2. The average molecular weight is 1880 g/mol. The first-order valence-corrected chi connectivity index (χ1v) is 47.9. The largest absolute Gasteiger partial charge is 0.390 e. The van der Waals surface area contributed by atoms with E-state index in [0.717, 1.165) is 54.1 Å². The van der Waals surface area contributed by atoms with Crippen LogP contribution in [-0.4, -0.2) is 290 Å². The van der Waals surface area contributed by atoms with E-state index < -0.39 is 152 Å². The van der Waals surface area contributed by atoms with Crippen LogP contribution < -0.4 is 42.1 Å². The number of benzene rings is 2. The lowest BCUT2D eigenvalue weighted by Crippen LogP contribution is -2.71. The normalized spacial score (nSPS) is 24.1. The van der Waals surface area contributed by atoms with Gasteiger partial charge in [-0.15, -0.1) is 5.10 Å². The topological polar surface area (TPSA) is 465 Å². The number of halogens is 2. The fourth-order valence-corrected chi connectivity index (χ4v) is 19.0. The molecule has 3 heterocycles. The molecular formula is C93H133F2N11O25S. The molecule has 8 amide bonds. The zero-order valence-corrected chi connectivity index (χ0v) is 77.5. The first-order valence-electron chi connectivity index (χ1n) is 46.3. The van der Waals surface area contributed by atoms with Gasteiger partial charge >= 0.3 is 0 Å². The quantitative estimate of drug-likeness (QED) is 0.0206. The van der Waals surface area contributed by atoms with Gasteiger partial charge in [-0.05, 0) is 125 Å². The maximum absolute atomic E-state index is 18.2. The van der Waals surface area contributed by atoms with Gasteiger partial charge in [0.2, 0.25) is 47.3 Å². The van der Waals surface area contributed by atoms with Gasteiger partial charge in [0, 0.05) is 73.2 Å². The zero-order chi connectivity index (χ0) is 94.9. The SMILES string of the molecule is CCCC1O[C@@H]2C[C@H]3[C@@H]4C[C@H](F)C5=CC(=O)C=C[C@]5(C)[C@@]4(F)[C@@H](O)C[C@]3(C)[C@]2(C(=O)CNC(=O)[C@H](C)NC(=O)[C@@H](NC(=O)[C@@H](CCCCCNC(=O)COC2CCCCCc3c2nnn3CCOCCOCCOCCOCCC(=O)NCCS(=O)(=O)O)NC(=O)CCOCCOCCOCCOCCNC(=O)CCC(=O)N2Cc3ccccc3C#Cc3ccccc32)C(C)C)O1. The molecule has 5 aliphatic carbocycles. The van der Waals surface area contributed by atoms with Gasteiger partial charge in [-0.2, -0.15) is 8.42 Å². The monoisotopic (exact) mass is 1870 g/mol. The molecule has 2 aliphatic heterocycles. The summed E-state index contributed by atoms with van der Waals surface area (Å²) in [6.45, 7) is 13.9. The van der Waals surface area contributed by atoms with Crippen molar-refractivity contribution in [2.75, 3.05) is 149 Å². The number of Topliss-reactive ketones (excluding diaryl/α,β-unsaturated/α-hetero) is 1. The Morgan fingerprint density at radius 3 is 1.97 bits per heavy atom. The number of para-hydroxylation sites is 1. The van der Waals surface area contributed by atoms with E-state index in [1.54, 1.807) is 30.4 Å². The van der Waals surface area contributed by atoms with Crippen LogP contribution in [0.1, 0.15) is 185 Å². The van der Waals surface area contributed by atoms with Crippen LogP contribution in [0.4, 0.5) is 14.5 Å². The summed E-state index contributed by atoms with van der Waals surface area (Å²) in [6.07, 6.45) is 3.81. The molecule has 0 bridgehead atoms. The van der Waals surface area contributed by atoms with Crippen LogP contribution in [0.25, 0.3) is 0 Å². The number of carbonyl (C=O) groups is 10. The molecule has 9 N–H and O–H groups in total. The fourth-order valence-electron chi connectivity index (χ4n) is 18.6. The Morgan fingerprint density at radius 2 is 1.29 bits per heavy atom. The minimum atomic E-state index is -4.16. The minimum absolute atomic E-state index is 0.00264. The van der Waals surface area contributed by atoms with E-state index in [-0.39, 0.29) is 174 Å². The molecule has 4 fully saturated rings. The number of aliphatic hydroxyl groups excluding tert-OH is 1. The molecule has 7 aliphatic rings. The third kappa shape index (κ3) is 28.8. The van der Waals surface area contributed by atoms with Gasteiger partial charge in [0.25, 0.3) is 10.1 Å². The fraction of sp³-hybridized carbons (Fsp3) is 0.677. The van der Waals surface area contributed by atoms with Crippen molar-refractivity contribution in [3.63, 3.8) is 0 Å². The highest BCUT2D eigenvalue weighted by Crippen LogP contribution is 2.72. The van der Waals surface area contributed by atoms with Crippen molar-refractivity contribution in [1.29, 1.82) is 0 Å². The maximum atomic E-state index is 18.2. The smallest absolute Gasteiger partial charge is 0.266 e. The second-order valence-electron chi connectivity index (χ2n) is 35.0. The number of rotatable bonds is 57. The molecule has 132 heavy (non-hydrogen) atoms. The molecule has 3 aromatic rings. The van der Waals surface area contributed by atoms with E-state index in [1.807, 2.05) is 55.5 Å². The first kappa shape index (κ1) is 105. The Kier molecular flexibility index (Phi) is 41.1. The standard InChI is InChI=1S/C93H133F2N11O25S/c1-7-18-84-130-78-57-68-69-56-71(94)70-55-67(107)30-33-90(70,5)92(69,95)76(108)58-91(68,6)93(78,131-84)77(109)59-99-87(115)63(4)100-89(117)85(62(2)3)102-88(116)72(101-81(112)32-39-122-43-47-126-50-52-127-48-44-123-40-35-97-79(110)28-29-83(114)105-60-66-21-14-13-19-64(66)26-27-65-20-15-16-23-73(65)105)22-10-9-17-34-96-82(113)61-129-75-25-12-8-11-24-74-86(75)103-104-106(74)37-41-124-45-49-128-53-51-125-46-42-121-38-31-80(111)98-36-54-132(118,119)120/h13-16,19-21,23,30,33,55,62-63,68-69,71-72,75-76,78,84-85,108H,7-12,17-18,22,24-25,28-29,31-32,34-54,56-61H2,1-6H3,(H,96,113)(H,97,110)(H,98,111)(H,99,115)(H,100,117)(H,101,112)(H,102,116)(H,118,119,120)/t63-,68-,69-,71-,72+,75?,76-,78+,84?,85-,90-,91-,92-,93+/m0/s1. The van der Waals surface area contributed by atoms with E-state index in [1.165, 1.54) is 26.0 Å². The van der Waals surface area contributed by atoms with Gasteiger partial charge in [0.05, 0.1) is 155 Å². The molecule has 3 saturated carbocycles. The number of hydrogen-bond donors (Lipinski definition) is 9. The van der Waals surface area contributed by atoms with Crippen molar-refractivity contribution in [3.8, 4) is 11.8 Å². The number of amides is 8. The number of ether oxygens (including phenoxy) is 11. The number of unbranched alkanes of at least 4 members (excludes halogenated alkanes) is 2. The van der Waals surface area contributed by atoms with Crippen LogP contribution in [0.3, 0.4) is 0 Å². The van der Waals surface area contributed by atoms with Crippen molar-refractivity contribution < 1.29 is 127 Å². The summed E-state index contributed by atoms with van der Waals surface area (Å²) in [6, 6.07) is 11.4. The molecular weight excluding hydrogens is 1740 g/mol. The highest BCUT2D eigenvalue weighted by Gasteiger charge is 2.80. The maximum Gasteiger partial charge on any atom is 0.266 e. The lowest BCUT2D eigenvalue weighted by Gasteiger charge is -2.63. The summed E-state index contributed by atoms with van der Waals surface area (Å²) >= 11 is 0. The van der Waals surface area contributed by atoms with Gasteiger partial charge in [-0.3, -0.25) is 52.5 Å². The predicted molar refractivity (Wildman–Crippen MR) is 476 cm³/mol. The number of carbonyl (C=O) groups excluding carboxylic acids is 10. The molecule has 1 aromatic heterocycles. The van der Waals surface area contributed by atoms with Crippen LogP contribution in [0.15, 0.2) is 72.3 Å². The van der Waals surface area contributed by atoms with Gasteiger partial charge in [0.1, 0.15) is 42.7 Å². The Labute approximate surface area is 770 Å². The molecule has 2 aromatic carbocycles. The zero-order valence-electron chi connectivity index (χ0n) is 76.6. The van der Waals surface area contributed by atoms with Crippen molar-refractivity contribution in [3.05, 3.63) is 100 Å². The summed E-state index contributed by atoms with van der Waals surface area (Å²) in [5, 5.41) is 40.0. The van der Waals surface area contributed by atoms with E-state index in [2.05, 4.69) is 59.4 Å². The molecule has 2 unspecified atom stereocenters. The number of anilines is 1. The van der Waals surface area contributed by atoms with Crippen LogP contribution in [0.2, 0.25) is 0 Å². The minimum Gasteiger partial charge on any atom is -0.390 e. The number of nitrogens with one attached hydrogen (secondary N) is 7. The lowest BCUT2D eigenvalue weighted by molar-refractivity contribution is -0.234. The van der Waals surface area contributed by atoms with E-state index >= 15 is 13.6 Å². The summed E-state index contributed by atoms with van der Waals surface area (Å²) in [7, 11) is -4.16. The van der Waals surface area contributed by atoms with Crippen LogP contribution in [0.5, 0.6) is 0 Å². The molecule has 36 nitrogen and oxygen atoms in total. The number of aromatic nitrogens is 3. The van der Waals surface area contributed by atoms with Gasteiger partial charge in [0.15, 0.2) is 29.1 Å². The third-order valence-electron chi connectivity index (χ3n) is 25.5. The van der Waals surface area contributed by atoms with E-state index in [9.17, 15) is 56.7 Å². The van der Waals surface area contributed by atoms with E-state index in [0.29, 0.717) is 96.0 Å². The highest BCUT2D eigenvalue weighted by atomic mass is 32.2. The third-order valence-corrected chi connectivity index (χ3v) is 26.2. The van der Waals surface area contributed by atoms with Gasteiger partial charge < -0.3 is 99.3 Å². The van der Waals surface area contributed by atoms with E-state index in [4.69, 9.17) is 56.7 Å². The molecule has 10 rings (SSSR count). The predicted octanol–water partition coefficient (Wildman–Crippen LogP) is 4.91. The number of aliphatic hydroxyl groups is 1. The number of alkyl halides is 2. The lowest BCUT2D eigenvalue weighted by atomic mass is 9.44. The summed E-state index contributed by atoms with van der Waals surface area (Å²) in [5.41, 5.74) is -2.51. The summed E-state index contributed by atoms with van der Waals surface area (Å²) in [4.78, 5) is 137. The van der Waals surface area contributed by atoms with Gasteiger partial charge in [-0.1, -0.05) is 113 Å². The van der Waals surface area contributed by atoms with Crippen molar-refractivity contribution >= 4 is 74.6 Å². The van der Waals surface area contributed by atoms with Crippen LogP contribution in [0, 0.1) is 40.4 Å². The molecule has 39 heteroatoms. The highest BCUT2D eigenvalue weighted by molar-refractivity contribution is 7.85. The average Bonchev–Trinajstić information content (AvgIpc) is 1.35. The Morgan fingerprint density at radius 1 is 0.667 bits per heavy atom. The molecule has 0 radical (unpaired) electrons. The Balaban J connectivity index is 0.643. The number of hydrogen-bond acceptors (Lipinski definition) is 26. The Hall–Kier alpha value is -8.99. The molecule has 14 atom stereocenters. The van der Waals surface area contributed by atoms with Crippen LogP contribution >= 0.6 is 0 Å². The van der Waals surface area contributed by atoms with Crippen molar-refractivity contribution in [2.45, 2.75) is 230 Å². The van der Waals surface area contributed by atoms with Gasteiger partial charge in [-0.25, -0.2) is 13.5 Å². The molecule has 730 valence electrons. The first-order chi connectivity index (χ1) is 63.4. The summed E-state index contributed by atoms with van der Waals surface area (Å²) < 4.78 is 131. The molecule has 1 saturated heterocycles. The Bertz CT molecular complexity index is 4630. The second-order valence-corrected chi connectivity index (χ2v) is 36.6. The van der Waals surface area contributed by atoms with Crippen LogP contribution in [-0.2, 0) is 130 Å². The second kappa shape index (κ2) is 51.6. The van der Waals surface area contributed by atoms with Crippen molar-refractivity contribution in [2.24, 2.45) is 28.6 Å². The number of nitrogens with zero attached hydrogens (tertiary/aromatic N) is 4. The van der Waals surface area contributed by atoms with Crippen molar-refractivity contribution in [1.82, 2.24) is 52.2 Å². The number of fused-ring (bicyclic) bond motifs is 10.